The molecule has 1 N–H and O–H groups in total. The van der Waals surface area contributed by atoms with Crippen LogP contribution in [0.5, 0.6) is 5.75 Å². The molecule has 1 aliphatic carbocycles. The maximum absolute atomic E-state index is 12.9. The molecule has 8 nitrogen and oxygen atoms in total. The SMILES string of the molecule is CCOC(=O)c1c(NC(=O)CSc2nnc(C(C)Oc3ccc(C(C)(C)C)cc3)n2C)sc2c1CCCC2. The number of aryl methyl sites for hydroxylation is 1. The molecule has 0 spiro atoms. The van der Waals surface area contributed by atoms with Gasteiger partial charge in [-0.3, -0.25) is 4.79 Å². The molecule has 4 rings (SSSR count). The number of fused-ring (bicyclic) bond motifs is 1. The molecule has 1 unspecified atom stereocenters. The number of rotatable bonds is 9. The molecule has 10 heteroatoms. The van der Waals surface area contributed by atoms with Gasteiger partial charge in [0, 0.05) is 11.9 Å². The molecule has 1 aliphatic rings. The Labute approximate surface area is 232 Å². The first-order valence-corrected chi connectivity index (χ1v) is 14.8. The van der Waals surface area contributed by atoms with E-state index in [0.717, 1.165) is 37.0 Å². The van der Waals surface area contributed by atoms with Gasteiger partial charge in [0.2, 0.25) is 5.91 Å². The van der Waals surface area contributed by atoms with Crippen molar-refractivity contribution >= 4 is 40.0 Å². The summed E-state index contributed by atoms with van der Waals surface area (Å²) in [6.07, 6.45) is 3.59. The molecule has 0 aliphatic heterocycles. The van der Waals surface area contributed by atoms with Crippen LogP contribution in [-0.4, -0.2) is 39.0 Å². The van der Waals surface area contributed by atoms with Crippen molar-refractivity contribution in [3.63, 3.8) is 0 Å². The van der Waals surface area contributed by atoms with E-state index in [9.17, 15) is 9.59 Å². The topological polar surface area (TPSA) is 95.3 Å². The van der Waals surface area contributed by atoms with Gasteiger partial charge in [-0.25, -0.2) is 4.79 Å². The maximum atomic E-state index is 12.9. The molecular weight excluding hydrogens is 520 g/mol. The van der Waals surface area contributed by atoms with E-state index in [1.165, 1.54) is 33.5 Å². The van der Waals surface area contributed by atoms with E-state index in [-0.39, 0.29) is 29.1 Å². The molecule has 204 valence electrons. The zero-order valence-corrected chi connectivity index (χ0v) is 24.6. The van der Waals surface area contributed by atoms with Crippen molar-refractivity contribution in [2.75, 3.05) is 17.7 Å². The van der Waals surface area contributed by atoms with Gasteiger partial charge in [0.1, 0.15) is 10.8 Å². The Balaban J connectivity index is 1.38. The van der Waals surface area contributed by atoms with Gasteiger partial charge >= 0.3 is 5.97 Å². The summed E-state index contributed by atoms with van der Waals surface area (Å²) in [5.41, 5.74) is 2.87. The summed E-state index contributed by atoms with van der Waals surface area (Å²) >= 11 is 2.78. The van der Waals surface area contributed by atoms with Crippen molar-refractivity contribution in [2.24, 2.45) is 7.05 Å². The molecule has 38 heavy (non-hydrogen) atoms. The number of carbonyl (C=O) groups is 2. The van der Waals surface area contributed by atoms with Crippen molar-refractivity contribution in [3.05, 3.63) is 51.7 Å². The number of carbonyl (C=O) groups excluding carboxylic acids is 2. The zero-order valence-electron chi connectivity index (χ0n) is 22.9. The highest BCUT2D eigenvalue weighted by molar-refractivity contribution is 7.99. The quantitative estimate of drug-likeness (QED) is 0.251. The van der Waals surface area contributed by atoms with E-state index in [1.807, 2.05) is 30.7 Å². The van der Waals surface area contributed by atoms with Crippen LogP contribution in [0.2, 0.25) is 0 Å². The number of hydrogen-bond acceptors (Lipinski definition) is 8. The number of aromatic nitrogens is 3. The van der Waals surface area contributed by atoms with Crippen LogP contribution < -0.4 is 10.1 Å². The molecule has 0 radical (unpaired) electrons. The number of esters is 1. The molecule has 0 saturated carbocycles. The van der Waals surface area contributed by atoms with Crippen molar-refractivity contribution < 1.29 is 19.1 Å². The fourth-order valence-electron chi connectivity index (χ4n) is 4.46. The van der Waals surface area contributed by atoms with E-state index in [4.69, 9.17) is 9.47 Å². The van der Waals surface area contributed by atoms with E-state index >= 15 is 0 Å². The van der Waals surface area contributed by atoms with E-state index in [0.29, 0.717) is 28.2 Å². The molecule has 0 saturated heterocycles. The third-order valence-electron chi connectivity index (χ3n) is 6.50. The number of nitrogens with one attached hydrogen (secondary N) is 1. The minimum absolute atomic E-state index is 0.0788. The monoisotopic (exact) mass is 556 g/mol. The van der Waals surface area contributed by atoms with Gasteiger partial charge in [-0.15, -0.1) is 21.5 Å². The van der Waals surface area contributed by atoms with Crippen LogP contribution in [0.15, 0.2) is 29.4 Å². The summed E-state index contributed by atoms with van der Waals surface area (Å²) in [5, 5.41) is 12.7. The predicted molar refractivity (Wildman–Crippen MR) is 151 cm³/mol. The molecule has 1 aromatic carbocycles. The van der Waals surface area contributed by atoms with Crippen LogP contribution in [-0.2, 0) is 34.8 Å². The fourth-order valence-corrected chi connectivity index (χ4v) is 6.47. The van der Waals surface area contributed by atoms with Crippen molar-refractivity contribution in [2.45, 2.75) is 77.0 Å². The maximum Gasteiger partial charge on any atom is 0.341 e. The normalized spacial score (nSPS) is 14.1. The molecule has 1 atom stereocenters. The van der Waals surface area contributed by atoms with E-state index in [2.05, 4.69) is 48.4 Å². The van der Waals surface area contributed by atoms with Crippen LogP contribution in [0.1, 0.15) is 85.8 Å². The number of anilines is 1. The van der Waals surface area contributed by atoms with Crippen LogP contribution >= 0.6 is 23.1 Å². The van der Waals surface area contributed by atoms with Gasteiger partial charge in [0.05, 0.1) is 17.9 Å². The highest BCUT2D eigenvalue weighted by Gasteiger charge is 2.27. The Morgan fingerprint density at radius 1 is 1.16 bits per heavy atom. The van der Waals surface area contributed by atoms with E-state index < -0.39 is 0 Å². The summed E-state index contributed by atoms with van der Waals surface area (Å²) < 4.78 is 13.2. The van der Waals surface area contributed by atoms with Crippen LogP contribution in [0.3, 0.4) is 0 Å². The minimum atomic E-state index is -0.366. The summed E-state index contributed by atoms with van der Waals surface area (Å²) in [6, 6.07) is 8.10. The van der Waals surface area contributed by atoms with Crippen LogP contribution in [0, 0.1) is 0 Å². The summed E-state index contributed by atoms with van der Waals surface area (Å²) in [6.45, 7) is 10.5. The Kier molecular flexibility index (Phi) is 8.82. The summed E-state index contributed by atoms with van der Waals surface area (Å²) in [5.74, 6) is 1.00. The molecule has 1 amide bonds. The van der Waals surface area contributed by atoms with Crippen LogP contribution in [0.4, 0.5) is 5.00 Å². The summed E-state index contributed by atoms with van der Waals surface area (Å²) in [7, 11) is 1.87. The molecular formula is C28H36N4O4S2. The molecule has 2 aromatic heterocycles. The third-order valence-corrected chi connectivity index (χ3v) is 8.73. The first-order chi connectivity index (χ1) is 18.1. The lowest BCUT2D eigenvalue weighted by Crippen LogP contribution is -2.17. The number of nitrogens with zero attached hydrogens (tertiary/aromatic N) is 3. The van der Waals surface area contributed by atoms with E-state index in [1.54, 1.807) is 6.92 Å². The van der Waals surface area contributed by atoms with Crippen molar-refractivity contribution in [1.29, 1.82) is 0 Å². The highest BCUT2D eigenvalue weighted by Crippen LogP contribution is 2.39. The highest BCUT2D eigenvalue weighted by atomic mass is 32.2. The number of hydrogen-bond donors (Lipinski definition) is 1. The Morgan fingerprint density at radius 2 is 1.87 bits per heavy atom. The number of amides is 1. The van der Waals surface area contributed by atoms with Gasteiger partial charge < -0.3 is 19.4 Å². The number of benzene rings is 1. The molecule has 3 aromatic rings. The molecule has 2 heterocycles. The van der Waals surface area contributed by atoms with Crippen molar-refractivity contribution in [3.8, 4) is 5.75 Å². The number of thiophene rings is 1. The zero-order chi connectivity index (χ0) is 27.4. The largest absolute Gasteiger partial charge is 0.483 e. The van der Waals surface area contributed by atoms with Gasteiger partial charge in [0.15, 0.2) is 17.1 Å². The van der Waals surface area contributed by atoms with Crippen molar-refractivity contribution in [1.82, 2.24) is 14.8 Å². The number of thioether (sulfide) groups is 1. The fraction of sp³-hybridized carbons (Fsp3) is 0.500. The first kappa shape index (κ1) is 28.2. The van der Waals surface area contributed by atoms with Gasteiger partial charge in [-0.1, -0.05) is 44.7 Å². The lowest BCUT2D eigenvalue weighted by atomic mass is 9.87. The first-order valence-electron chi connectivity index (χ1n) is 13.0. The van der Waals surface area contributed by atoms with Gasteiger partial charge in [-0.2, -0.15) is 0 Å². The average Bonchev–Trinajstić information content (AvgIpc) is 3.42. The van der Waals surface area contributed by atoms with Gasteiger partial charge in [-0.05, 0) is 68.2 Å². The Bertz CT molecular complexity index is 1290. The van der Waals surface area contributed by atoms with Gasteiger partial charge in [0.25, 0.3) is 0 Å². The Morgan fingerprint density at radius 3 is 2.55 bits per heavy atom. The average molecular weight is 557 g/mol. The smallest absolute Gasteiger partial charge is 0.341 e. The lowest BCUT2D eigenvalue weighted by molar-refractivity contribution is -0.113. The second-order valence-electron chi connectivity index (χ2n) is 10.4. The Hall–Kier alpha value is -2.85. The second kappa shape index (κ2) is 11.9. The summed E-state index contributed by atoms with van der Waals surface area (Å²) in [4.78, 5) is 26.7. The lowest BCUT2D eigenvalue weighted by Gasteiger charge is -2.20. The minimum Gasteiger partial charge on any atom is -0.483 e. The standard InChI is InChI=1S/C28H36N4O4S2/c1-7-35-26(34)23-20-10-8-9-11-21(20)38-25(23)29-22(33)16-37-27-31-30-24(32(27)6)17(2)36-19-14-12-18(13-15-19)28(3,4)5/h12-15,17H,7-11,16H2,1-6H3,(H,29,33). The predicted octanol–water partition coefficient (Wildman–Crippen LogP) is 6.10. The third kappa shape index (κ3) is 6.40. The van der Waals surface area contributed by atoms with Crippen LogP contribution in [0.25, 0.3) is 0 Å². The molecule has 0 bridgehead atoms. The number of ether oxygens (including phenoxy) is 2. The molecule has 0 fully saturated rings. The second-order valence-corrected chi connectivity index (χ2v) is 12.5.